The zero-order valence-electron chi connectivity index (χ0n) is 10.9. The number of nitrogens with zero attached hydrogens (tertiary/aromatic N) is 3. The van der Waals surface area contributed by atoms with Gasteiger partial charge in [0.15, 0.2) is 0 Å². The topological polar surface area (TPSA) is 58.5 Å². The van der Waals surface area contributed by atoms with E-state index < -0.39 is 0 Å². The molecular formula is C14H17N3O2. The van der Waals surface area contributed by atoms with Crippen molar-refractivity contribution in [3.05, 3.63) is 30.5 Å². The highest BCUT2D eigenvalue weighted by molar-refractivity contribution is 5.90. The lowest BCUT2D eigenvalue weighted by atomic mass is 10.1. The van der Waals surface area contributed by atoms with Gasteiger partial charge in [0.05, 0.1) is 36.2 Å². The Morgan fingerprint density at radius 2 is 2.21 bits per heavy atom. The van der Waals surface area contributed by atoms with Crippen LogP contribution < -0.4 is 4.90 Å². The first-order chi connectivity index (χ1) is 9.28. The molecule has 0 bridgehead atoms. The average molecular weight is 259 g/mol. The molecule has 0 aliphatic carbocycles. The first kappa shape index (κ1) is 12.3. The van der Waals surface area contributed by atoms with Crippen LogP contribution in [0.3, 0.4) is 0 Å². The van der Waals surface area contributed by atoms with Crippen LogP contribution in [0.4, 0.5) is 5.69 Å². The van der Waals surface area contributed by atoms with E-state index in [1.807, 2.05) is 31.2 Å². The van der Waals surface area contributed by atoms with E-state index in [1.54, 1.807) is 6.20 Å². The van der Waals surface area contributed by atoms with Crippen LogP contribution in [0.5, 0.6) is 0 Å². The second kappa shape index (κ2) is 5.11. The summed E-state index contributed by atoms with van der Waals surface area (Å²) in [5, 5.41) is 18.6. The van der Waals surface area contributed by atoms with Gasteiger partial charge >= 0.3 is 0 Å². The summed E-state index contributed by atoms with van der Waals surface area (Å²) in [6.07, 6.45) is 1.74. The fourth-order valence-electron chi connectivity index (χ4n) is 2.59. The number of aliphatic hydroxyl groups excluding tert-OH is 1. The minimum atomic E-state index is -0.143. The molecule has 1 aromatic heterocycles. The number of rotatable bonds is 2. The monoisotopic (exact) mass is 259 g/mol. The maximum absolute atomic E-state index is 9.31. The minimum Gasteiger partial charge on any atom is -0.394 e. The minimum absolute atomic E-state index is 0.0390. The maximum Gasteiger partial charge on any atom is 0.0984 e. The van der Waals surface area contributed by atoms with Crippen LogP contribution in [0.2, 0.25) is 0 Å². The molecule has 0 spiro atoms. The van der Waals surface area contributed by atoms with Crippen LogP contribution >= 0.6 is 0 Å². The Morgan fingerprint density at radius 3 is 3.05 bits per heavy atom. The number of ether oxygens (including phenoxy) is 1. The highest BCUT2D eigenvalue weighted by Gasteiger charge is 2.26. The van der Waals surface area contributed by atoms with Crippen LogP contribution in [0.1, 0.15) is 6.92 Å². The summed E-state index contributed by atoms with van der Waals surface area (Å²) < 4.78 is 5.67. The molecule has 2 atom stereocenters. The molecule has 1 aromatic carbocycles. The summed E-state index contributed by atoms with van der Waals surface area (Å²) in [5.41, 5.74) is 1.94. The lowest BCUT2D eigenvalue weighted by Crippen LogP contribution is -2.48. The van der Waals surface area contributed by atoms with Gasteiger partial charge in [0, 0.05) is 18.5 Å². The van der Waals surface area contributed by atoms with Gasteiger partial charge < -0.3 is 14.7 Å². The van der Waals surface area contributed by atoms with Crippen molar-refractivity contribution in [2.75, 3.05) is 24.6 Å². The first-order valence-electron chi connectivity index (χ1n) is 6.49. The van der Waals surface area contributed by atoms with E-state index in [9.17, 15) is 5.11 Å². The number of hydrogen-bond acceptors (Lipinski definition) is 5. The van der Waals surface area contributed by atoms with E-state index >= 15 is 0 Å². The van der Waals surface area contributed by atoms with Gasteiger partial charge in [0.2, 0.25) is 0 Å². The van der Waals surface area contributed by atoms with E-state index in [0.717, 1.165) is 23.1 Å². The standard InChI is InChI=1S/C14H17N3O2/c1-10-7-17(8-11(9-18)19-10)14-6-15-16-13-5-3-2-4-12(13)14/h2-6,10-11,18H,7-9H2,1H3. The van der Waals surface area contributed by atoms with Crippen LogP contribution in [0, 0.1) is 0 Å². The Hall–Kier alpha value is -1.72. The molecule has 0 radical (unpaired) electrons. The highest BCUT2D eigenvalue weighted by Crippen LogP contribution is 2.26. The smallest absolute Gasteiger partial charge is 0.0984 e. The summed E-state index contributed by atoms with van der Waals surface area (Å²) in [4.78, 5) is 2.21. The molecule has 1 fully saturated rings. The summed E-state index contributed by atoms with van der Waals surface area (Å²) in [6.45, 7) is 3.53. The predicted molar refractivity (Wildman–Crippen MR) is 73.2 cm³/mol. The number of morpholine rings is 1. The van der Waals surface area contributed by atoms with Gasteiger partial charge in [-0.1, -0.05) is 18.2 Å². The number of hydrogen-bond donors (Lipinski definition) is 1. The third kappa shape index (κ3) is 2.39. The molecule has 2 heterocycles. The number of aromatic nitrogens is 2. The Balaban J connectivity index is 1.99. The molecule has 3 rings (SSSR count). The van der Waals surface area contributed by atoms with Gasteiger partial charge in [-0.15, -0.1) is 0 Å². The Morgan fingerprint density at radius 1 is 1.37 bits per heavy atom. The fraction of sp³-hybridized carbons (Fsp3) is 0.429. The fourth-order valence-corrected chi connectivity index (χ4v) is 2.59. The lowest BCUT2D eigenvalue weighted by molar-refractivity contribution is -0.0420. The predicted octanol–water partition coefficient (Wildman–Crippen LogP) is 1.22. The molecule has 1 N–H and O–H groups in total. The van der Waals surface area contributed by atoms with Crippen LogP contribution in [-0.4, -0.2) is 47.2 Å². The van der Waals surface area contributed by atoms with Crippen molar-refractivity contribution < 1.29 is 9.84 Å². The van der Waals surface area contributed by atoms with E-state index in [4.69, 9.17) is 4.74 Å². The second-order valence-corrected chi connectivity index (χ2v) is 4.90. The largest absolute Gasteiger partial charge is 0.394 e. The molecule has 2 aromatic rings. The normalized spacial score (nSPS) is 23.8. The van der Waals surface area contributed by atoms with Crippen molar-refractivity contribution in [2.24, 2.45) is 0 Å². The van der Waals surface area contributed by atoms with Gasteiger partial charge in [-0.05, 0) is 13.0 Å². The van der Waals surface area contributed by atoms with E-state index in [-0.39, 0.29) is 18.8 Å². The summed E-state index contributed by atoms with van der Waals surface area (Å²) in [5.74, 6) is 0. The highest BCUT2D eigenvalue weighted by atomic mass is 16.5. The zero-order valence-corrected chi connectivity index (χ0v) is 10.9. The average Bonchev–Trinajstić information content (AvgIpc) is 2.46. The molecule has 1 aliphatic rings. The second-order valence-electron chi connectivity index (χ2n) is 4.90. The van der Waals surface area contributed by atoms with E-state index in [2.05, 4.69) is 15.1 Å². The summed E-state index contributed by atoms with van der Waals surface area (Å²) in [6, 6.07) is 7.97. The number of anilines is 1. The van der Waals surface area contributed by atoms with Crippen LogP contribution in [0.15, 0.2) is 30.5 Å². The molecule has 0 amide bonds. The van der Waals surface area contributed by atoms with E-state index in [1.165, 1.54) is 0 Å². The van der Waals surface area contributed by atoms with Crippen molar-refractivity contribution in [1.82, 2.24) is 10.2 Å². The van der Waals surface area contributed by atoms with Crippen molar-refractivity contribution in [3.63, 3.8) is 0 Å². The molecule has 1 aliphatic heterocycles. The Bertz CT molecular complexity index is 570. The molecule has 5 heteroatoms. The summed E-state index contributed by atoms with van der Waals surface area (Å²) in [7, 11) is 0. The van der Waals surface area contributed by atoms with Crippen LogP contribution in [0.25, 0.3) is 10.9 Å². The quantitative estimate of drug-likeness (QED) is 0.878. The van der Waals surface area contributed by atoms with Gasteiger partial charge in [-0.3, -0.25) is 0 Å². The van der Waals surface area contributed by atoms with Crippen molar-refractivity contribution >= 4 is 16.6 Å². The third-order valence-electron chi connectivity index (χ3n) is 3.40. The molecule has 1 saturated heterocycles. The first-order valence-corrected chi connectivity index (χ1v) is 6.49. The molecule has 19 heavy (non-hydrogen) atoms. The molecule has 0 saturated carbocycles. The maximum atomic E-state index is 9.31. The van der Waals surface area contributed by atoms with E-state index in [0.29, 0.717) is 6.54 Å². The van der Waals surface area contributed by atoms with Crippen molar-refractivity contribution in [2.45, 2.75) is 19.1 Å². The summed E-state index contributed by atoms with van der Waals surface area (Å²) >= 11 is 0. The number of fused-ring (bicyclic) bond motifs is 1. The molecule has 5 nitrogen and oxygen atoms in total. The van der Waals surface area contributed by atoms with Crippen molar-refractivity contribution in [3.8, 4) is 0 Å². The molecule has 2 unspecified atom stereocenters. The Kier molecular flexibility index (Phi) is 3.31. The van der Waals surface area contributed by atoms with Gasteiger partial charge in [-0.25, -0.2) is 0 Å². The van der Waals surface area contributed by atoms with Gasteiger partial charge in [0.1, 0.15) is 0 Å². The zero-order chi connectivity index (χ0) is 13.2. The lowest BCUT2D eigenvalue weighted by Gasteiger charge is -2.37. The number of benzene rings is 1. The van der Waals surface area contributed by atoms with Gasteiger partial charge in [-0.2, -0.15) is 10.2 Å². The SMILES string of the molecule is CC1CN(c2cnnc3ccccc23)CC(CO)O1. The molecular weight excluding hydrogens is 242 g/mol. The Labute approximate surface area is 111 Å². The molecule has 100 valence electrons. The van der Waals surface area contributed by atoms with Crippen molar-refractivity contribution in [1.29, 1.82) is 0 Å². The number of aliphatic hydroxyl groups is 1. The van der Waals surface area contributed by atoms with Crippen LogP contribution in [-0.2, 0) is 4.74 Å². The third-order valence-corrected chi connectivity index (χ3v) is 3.40. The van der Waals surface area contributed by atoms with Gasteiger partial charge in [0.25, 0.3) is 0 Å².